The van der Waals surface area contributed by atoms with E-state index in [-0.39, 0.29) is 85.6 Å². The van der Waals surface area contributed by atoms with Crippen LogP contribution in [0.25, 0.3) is 0 Å². The number of aliphatic hydroxyl groups excluding tert-OH is 3. The van der Waals surface area contributed by atoms with E-state index in [2.05, 4.69) is 0 Å². The number of rotatable bonds is 5. The average molecular weight is 948 g/mol. The first-order valence-corrected chi connectivity index (χ1v) is 24.9. The molecule has 67 heavy (non-hydrogen) atoms. The van der Waals surface area contributed by atoms with Gasteiger partial charge in [-0.25, -0.2) is 4.79 Å². The molecular formula is C50H77NO16. The van der Waals surface area contributed by atoms with Gasteiger partial charge in [-0.3, -0.25) is 19.2 Å². The van der Waals surface area contributed by atoms with E-state index in [9.17, 15) is 44.4 Å². The Morgan fingerprint density at radius 2 is 1.60 bits per heavy atom. The lowest BCUT2D eigenvalue weighted by Gasteiger charge is -2.42. The van der Waals surface area contributed by atoms with Crippen molar-refractivity contribution >= 4 is 29.2 Å². The van der Waals surface area contributed by atoms with Crippen molar-refractivity contribution in [3.63, 3.8) is 0 Å². The second-order valence-electron chi connectivity index (χ2n) is 21.6. The number of esters is 1. The van der Waals surface area contributed by atoms with Crippen molar-refractivity contribution in [1.82, 2.24) is 4.90 Å². The van der Waals surface area contributed by atoms with E-state index in [0.717, 1.165) is 4.90 Å². The third-order valence-electron chi connectivity index (χ3n) is 16.6. The number of ether oxygens (including phenoxy) is 7. The number of carbonyl (C=O) groups is 5. The highest BCUT2D eigenvalue weighted by Crippen LogP contribution is 2.48. The number of aliphatic hydroxyl groups is 4. The Labute approximate surface area is 394 Å². The van der Waals surface area contributed by atoms with Crippen LogP contribution in [-0.2, 0) is 57.1 Å². The standard InChI is InChI=1S/C50H77NO16/c1-24-20-38-41(63-38)43-40(65-43)27(4)18-26(3)39(55)42(62-9)44(56)49(7)46(67-49)29(6)35(54)23-36(25(2)19-30-14-16-33(52)37(21-30)61-8)64-48(59)32-12-10-11-17-51(32)47(58)45(57)50(60)28(5)13-15-31(66-50)22-34(24)53/h20,25-34,36-38,40-44,46,52-53,56,60H,10-19,21-23H2,1-9H3/b24-20+/t25-,26-,27+,28-,29+,30+,31+,32-,33-,34?,36+,37-,38?,40?,41?,42+,43?,44+,46?,49?,50-/m1/s1. The smallest absolute Gasteiger partial charge is 0.329 e. The first kappa shape index (κ1) is 52.1. The fourth-order valence-electron chi connectivity index (χ4n) is 11.8. The van der Waals surface area contributed by atoms with Gasteiger partial charge >= 0.3 is 5.97 Å². The van der Waals surface area contributed by atoms with Crippen LogP contribution in [0.4, 0.5) is 0 Å². The Balaban J connectivity index is 1.15. The van der Waals surface area contributed by atoms with Crippen molar-refractivity contribution in [3.8, 4) is 0 Å². The number of ketones is 3. The zero-order valence-electron chi connectivity index (χ0n) is 40.9. The number of hydrogen-bond donors (Lipinski definition) is 4. The lowest BCUT2D eigenvalue weighted by Crippen LogP contribution is -2.61. The molecule has 6 fully saturated rings. The van der Waals surface area contributed by atoms with Gasteiger partial charge in [-0.05, 0) is 101 Å². The Bertz CT molecular complexity index is 1860. The fourth-order valence-corrected chi connectivity index (χ4v) is 11.8. The normalized spacial score (nSPS) is 47.6. The van der Waals surface area contributed by atoms with E-state index in [1.54, 1.807) is 41.7 Å². The molecule has 378 valence electrons. The molecule has 7 aliphatic rings. The largest absolute Gasteiger partial charge is 0.460 e. The maximum absolute atomic E-state index is 14.4. The van der Waals surface area contributed by atoms with E-state index in [1.165, 1.54) is 7.11 Å². The van der Waals surface area contributed by atoms with Crippen LogP contribution in [-0.4, -0.2) is 166 Å². The molecular weight excluding hydrogens is 871 g/mol. The Kier molecular flexibility index (Phi) is 16.3. The molecule has 1 saturated carbocycles. The van der Waals surface area contributed by atoms with E-state index in [1.807, 2.05) is 19.9 Å². The number of carbonyl (C=O) groups excluding carboxylic acids is 5. The van der Waals surface area contributed by atoms with Crippen molar-refractivity contribution in [2.75, 3.05) is 20.8 Å². The highest BCUT2D eigenvalue weighted by molar-refractivity contribution is 6.39. The van der Waals surface area contributed by atoms with Gasteiger partial charge in [-0.2, -0.15) is 0 Å². The second kappa shape index (κ2) is 20.9. The fraction of sp³-hybridized carbons (Fsp3) is 0.860. The molecule has 17 nitrogen and oxygen atoms in total. The van der Waals surface area contributed by atoms with Crippen molar-refractivity contribution in [3.05, 3.63) is 11.6 Å². The third kappa shape index (κ3) is 11.1. The van der Waals surface area contributed by atoms with E-state index < -0.39 is 95.6 Å². The molecule has 6 heterocycles. The maximum Gasteiger partial charge on any atom is 0.329 e. The van der Waals surface area contributed by atoms with Gasteiger partial charge in [0.25, 0.3) is 11.7 Å². The summed E-state index contributed by atoms with van der Waals surface area (Å²) >= 11 is 0. The summed E-state index contributed by atoms with van der Waals surface area (Å²) < 4.78 is 41.6. The third-order valence-corrected chi connectivity index (χ3v) is 16.6. The topological polar surface area (TPSA) is 244 Å². The Hall–Kier alpha value is -2.71. The quantitative estimate of drug-likeness (QED) is 0.134. The summed E-state index contributed by atoms with van der Waals surface area (Å²) in [6.45, 7) is 12.5. The van der Waals surface area contributed by atoms with Crippen LogP contribution in [0, 0.1) is 35.5 Å². The van der Waals surface area contributed by atoms with Crippen LogP contribution >= 0.6 is 0 Å². The zero-order chi connectivity index (χ0) is 48.9. The van der Waals surface area contributed by atoms with Crippen molar-refractivity contribution in [2.24, 2.45) is 35.5 Å². The summed E-state index contributed by atoms with van der Waals surface area (Å²) in [7, 11) is 2.92. The highest BCUT2D eigenvalue weighted by Gasteiger charge is 2.64. The molecule has 0 aromatic heterocycles. The lowest BCUT2D eigenvalue weighted by atomic mass is 9.78. The minimum Gasteiger partial charge on any atom is -0.460 e. The van der Waals surface area contributed by atoms with E-state index >= 15 is 0 Å². The van der Waals surface area contributed by atoms with Crippen molar-refractivity contribution < 1.29 is 77.6 Å². The number of amides is 1. The monoisotopic (exact) mass is 948 g/mol. The van der Waals surface area contributed by atoms with Crippen LogP contribution < -0.4 is 0 Å². The van der Waals surface area contributed by atoms with Gasteiger partial charge in [0.2, 0.25) is 5.79 Å². The molecule has 0 spiro atoms. The molecule has 2 bridgehead atoms. The van der Waals surface area contributed by atoms with Crippen molar-refractivity contribution in [1.29, 1.82) is 0 Å². The number of hydrogen-bond acceptors (Lipinski definition) is 16. The number of nitrogens with zero attached hydrogens (tertiary/aromatic N) is 1. The molecule has 1 aliphatic carbocycles. The molecule has 4 N–H and O–H groups in total. The average Bonchev–Trinajstić information content (AvgIpc) is 4.23. The molecule has 17 heteroatoms. The number of methoxy groups -OCH3 is 2. The summed E-state index contributed by atoms with van der Waals surface area (Å²) in [6, 6.07) is -1.18. The highest BCUT2D eigenvalue weighted by atomic mass is 16.7. The molecule has 0 aromatic carbocycles. The number of Topliss-reactive ketones (excluding diaryl/α,β-unsaturated/α-hetero) is 3. The molecule has 7 rings (SSSR count). The molecule has 1 amide bonds. The number of epoxide rings is 3. The predicted molar refractivity (Wildman–Crippen MR) is 239 cm³/mol. The molecule has 7 unspecified atom stereocenters. The molecule has 6 aliphatic heterocycles. The van der Waals surface area contributed by atoms with Crippen LogP contribution in [0.15, 0.2) is 11.6 Å². The SMILES string of the molecule is CO[C@@H]1C[C@H](C[C@@H](C)[C@@H]2CC(=O)[C@H](C)C3OC3(C)[C@@H](O)[C@@H](OC)C(=O)[C@H](C)C[C@H](C)C3OC3C3OC3/C=C(\C)C(O)C[C@@H]3CC[C@@H](C)[C@@](O)(O3)C(=O)C(=O)N3CCCC[C@@H]3C(=O)O2)CC[C@H]1O. The predicted octanol–water partition coefficient (Wildman–Crippen LogP) is 3.16. The summed E-state index contributed by atoms with van der Waals surface area (Å²) in [5.41, 5.74) is -0.681. The van der Waals surface area contributed by atoms with Gasteiger partial charge in [-0.1, -0.05) is 40.7 Å². The summed E-state index contributed by atoms with van der Waals surface area (Å²) in [5.74, 6) is -8.53. The van der Waals surface area contributed by atoms with Gasteiger partial charge in [0.15, 0.2) is 5.78 Å². The lowest BCUT2D eigenvalue weighted by molar-refractivity contribution is -0.265. The van der Waals surface area contributed by atoms with Gasteiger partial charge in [0, 0.05) is 51.4 Å². The van der Waals surface area contributed by atoms with Gasteiger partial charge in [-0.15, -0.1) is 0 Å². The Morgan fingerprint density at radius 3 is 2.30 bits per heavy atom. The molecule has 21 atom stereocenters. The van der Waals surface area contributed by atoms with Crippen molar-refractivity contribution in [2.45, 2.75) is 216 Å². The first-order valence-electron chi connectivity index (χ1n) is 24.9. The minimum atomic E-state index is -2.50. The van der Waals surface area contributed by atoms with Gasteiger partial charge < -0.3 is 58.5 Å². The molecule has 0 radical (unpaired) electrons. The van der Waals surface area contributed by atoms with Crippen LogP contribution in [0.3, 0.4) is 0 Å². The number of piperidine rings is 1. The number of fused-ring (bicyclic) bond motifs is 7. The number of cyclic esters (lactones) is 1. The minimum absolute atomic E-state index is 0.0382. The second-order valence-corrected chi connectivity index (χ2v) is 21.6. The maximum atomic E-state index is 14.4. The van der Waals surface area contributed by atoms with Gasteiger partial charge in [0.1, 0.15) is 54.0 Å². The van der Waals surface area contributed by atoms with Gasteiger partial charge in [0.05, 0.1) is 36.6 Å². The summed E-state index contributed by atoms with van der Waals surface area (Å²) in [6.07, 6.45) is -1.51. The van der Waals surface area contributed by atoms with E-state index in [4.69, 9.17) is 33.2 Å². The van der Waals surface area contributed by atoms with E-state index in [0.29, 0.717) is 63.4 Å². The Morgan fingerprint density at radius 1 is 0.866 bits per heavy atom. The molecule has 0 aromatic rings. The van der Waals surface area contributed by atoms with Crippen LogP contribution in [0.5, 0.6) is 0 Å². The zero-order valence-corrected chi connectivity index (χ0v) is 40.9. The summed E-state index contributed by atoms with van der Waals surface area (Å²) in [5, 5.41) is 45.4. The molecule has 5 saturated heterocycles. The first-order chi connectivity index (χ1) is 31.6. The van der Waals surface area contributed by atoms with Crippen LogP contribution in [0.1, 0.15) is 126 Å². The van der Waals surface area contributed by atoms with Crippen LogP contribution in [0.2, 0.25) is 0 Å². The summed E-state index contributed by atoms with van der Waals surface area (Å²) in [4.78, 5) is 72.3.